The average molecular weight is 423 g/mol. The van der Waals surface area contributed by atoms with E-state index in [1.165, 1.54) is 0 Å². The second-order valence-corrected chi connectivity index (χ2v) is 4.82. The molecule has 1 aliphatic rings. The van der Waals surface area contributed by atoms with Crippen LogP contribution in [0.15, 0.2) is 24.3 Å². The molecule has 0 unspecified atom stereocenters. The third-order valence-electron chi connectivity index (χ3n) is 3.46. The molecule has 1 aromatic heterocycles. The number of aryl methyl sites for hydroxylation is 1. The predicted octanol–water partition coefficient (Wildman–Crippen LogP) is 2.58. The Balaban J connectivity index is 0.00000133. The summed E-state index contributed by atoms with van der Waals surface area (Å²) in [6.45, 7) is 3.77. The van der Waals surface area contributed by atoms with Crippen molar-refractivity contribution >= 4 is 16.8 Å². The zero-order chi connectivity index (χ0) is 12.5. The molecule has 3 rings (SSSR count). The molecular formula is C15H15N2OW-. The van der Waals surface area contributed by atoms with Gasteiger partial charge in [-0.3, -0.25) is 4.79 Å². The molecule has 0 spiro atoms. The Hall–Kier alpha value is -1.21. The quantitative estimate of drug-likeness (QED) is 0.661. The molecule has 1 aliphatic heterocycles. The number of hydrogen-bond donors (Lipinski definition) is 0. The molecule has 1 amide bonds. The Morgan fingerprint density at radius 3 is 2.79 bits per heavy atom. The minimum absolute atomic E-state index is 0. The van der Waals surface area contributed by atoms with Crippen LogP contribution in [0.5, 0.6) is 0 Å². The number of carbonyl (C=O) groups is 1. The number of fused-ring (bicyclic) bond motifs is 1. The minimum atomic E-state index is 0. The van der Waals surface area contributed by atoms with Crippen LogP contribution in [-0.4, -0.2) is 28.9 Å². The van der Waals surface area contributed by atoms with Crippen LogP contribution >= 0.6 is 0 Å². The first-order valence-electron chi connectivity index (χ1n) is 6.32. The molecule has 0 radical (unpaired) electrons. The zero-order valence-corrected chi connectivity index (χ0v) is 13.8. The van der Waals surface area contributed by atoms with Gasteiger partial charge in [0.2, 0.25) is 0 Å². The van der Waals surface area contributed by atoms with Gasteiger partial charge < -0.3 is 9.88 Å². The van der Waals surface area contributed by atoms with Gasteiger partial charge in [0.25, 0.3) is 0 Å². The Bertz CT molecular complexity index is 606. The number of hydrogen-bond acceptors (Lipinski definition) is 2. The largest absolute Gasteiger partial charge is 0.386 e. The number of amides is 1. The van der Waals surface area contributed by atoms with Crippen LogP contribution in [0.3, 0.4) is 0 Å². The number of nitrogens with zero attached hydrogens (tertiary/aromatic N) is 2. The van der Waals surface area contributed by atoms with E-state index in [4.69, 9.17) is 0 Å². The molecule has 0 bridgehead atoms. The fourth-order valence-corrected chi connectivity index (χ4v) is 2.47. The van der Waals surface area contributed by atoms with Crippen LogP contribution < -0.4 is 0 Å². The Labute approximate surface area is 127 Å². The van der Waals surface area contributed by atoms with E-state index >= 15 is 0 Å². The van der Waals surface area contributed by atoms with Crippen LogP contribution in [0.2, 0.25) is 0 Å². The fourth-order valence-electron chi connectivity index (χ4n) is 2.47. The molecule has 2 heterocycles. The molecule has 1 fully saturated rings. The Morgan fingerprint density at radius 1 is 1.32 bits per heavy atom. The van der Waals surface area contributed by atoms with Gasteiger partial charge in [0.15, 0.2) is 5.91 Å². The summed E-state index contributed by atoms with van der Waals surface area (Å²) in [5, 5.41) is 0.936. The van der Waals surface area contributed by atoms with E-state index in [0.717, 1.165) is 48.0 Å². The van der Waals surface area contributed by atoms with Gasteiger partial charge in [-0.15, -0.1) is 6.07 Å². The van der Waals surface area contributed by atoms with Crippen molar-refractivity contribution in [3.63, 3.8) is 0 Å². The summed E-state index contributed by atoms with van der Waals surface area (Å²) in [4.78, 5) is 18.6. The van der Waals surface area contributed by atoms with E-state index < -0.39 is 0 Å². The molecule has 2 aromatic rings. The summed E-state index contributed by atoms with van der Waals surface area (Å²) in [6, 6.07) is 7.69. The molecule has 0 saturated carbocycles. The minimum Gasteiger partial charge on any atom is -0.386 e. The molecule has 1 aromatic carbocycles. The van der Waals surface area contributed by atoms with Crippen LogP contribution in [0.1, 0.15) is 28.8 Å². The molecule has 98 valence electrons. The molecule has 4 heteroatoms. The maximum atomic E-state index is 12.5. The van der Waals surface area contributed by atoms with Gasteiger partial charge in [-0.05, 0) is 25.3 Å². The van der Waals surface area contributed by atoms with Crippen molar-refractivity contribution in [1.29, 1.82) is 0 Å². The predicted molar refractivity (Wildman–Crippen MR) is 70.5 cm³/mol. The number of benzene rings is 1. The molecule has 19 heavy (non-hydrogen) atoms. The first kappa shape index (κ1) is 14.2. The first-order chi connectivity index (χ1) is 8.75. The normalized spacial score (nSPS) is 14.5. The molecular weight excluding hydrogens is 408 g/mol. The summed E-state index contributed by atoms with van der Waals surface area (Å²) in [5.74, 6) is 0.113. The van der Waals surface area contributed by atoms with Crippen molar-refractivity contribution in [2.75, 3.05) is 13.1 Å². The van der Waals surface area contributed by atoms with Crippen molar-refractivity contribution in [3.05, 3.63) is 41.6 Å². The number of likely N-dealkylation sites (tertiary alicyclic amines) is 1. The monoisotopic (exact) mass is 423 g/mol. The first-order valence-corrected chi connectivity index (χ1v) is 6.32. The Morgan fingerprint density at radius 2 is 2.05 bits per heavy atom. The molecule has 1 saturated heterocycles. The summed E-state index contributed by atoms with van der Waals surface area (Å²) < 4.78 is 0. The summed E-state index contributed by atoms with van der Waals surface area (Å²) >= 11 is 0. The molecule has 0 N–H and O–H groups in total. The van der Waals surface area contributed by atoms with E-state index in [2.05, 4.69) is 11.2 Å². The Kier molecular flexibility index (Phi) is 4.36. The summed E-state index contributed by atoms with van der Waals surface area (Å²) in [5.41, 5.74) is 2.71. The topological polar surface area (TPSA) is 33.2 Å². The van der Waals surface area contributed by atoms with Crippen molar-refractivity contribution in [2.24, 2.45) is 0 Å². The van der Waals surface area contributed by atoms with Gasteiger partial charge in [0.1, 0.15) is 0 Å². The fraction of sp³-hybridized carbons (Fsp3) is 0.333. The van der Waals surface area contributed by atoms with Gasteiger partial charge in [0.05, 0.1) is 0 Å². The SMILES string of the molecule is Cc1ccc2n[c-]cc(C(=O)N3CCCC3)c2c1.[W]. The van der Waals surface area contributed by atoms with E-state index in [1.54, 1.807) is 6.07 Å². The van der Waals surface area contributed by atoms with Crippen LogP contribution in [-0.2, 0) is 21.1 Å². The summed E-state index contributed by atoms with van der Waals surface area (Å²) in [6.07, 6.45) is 5.05. The van der Waals surface area contributed by atoms with Crippen molar-refractivity contribution in [2.45, 2.75) is 19.8 Å². The van der Waals surface area contributed by atoms with Gasteiger partial charge in [0, 0.05) is 34.2 Å². The molecule has 0 atom stereocenters. The number of aromatic nitrogens is 1. The zero-order valence-electron chi connectivity index (χ0n) is 10.8. The third kappa shape index (κ3) is 2.71. The smallest absolute Gasteiger partial charge is 0.198 e. The van der Waals surface area contributed by atoms with E-state index in [1.807, 2.05) is 30.0 Å². The van der Waals surface area contributed by atoms with Gasteiger partial charge in [-0.1, -0.05) is 40.9 Å². The molecule has 3 nitrogen and oxygen atoms in total. The van der Waals surface area contributed by atoms with Crippen LogP contribution in [0.25, 0.3) is 10.9 Å². The van der Waals surface area contributed by atoms with Crippen molar-refractivity contribution in [1.82, 2.24) is 9.88 Å². The second kappa shape index (κ2) is 5.83. The van der Waals surface area contributed by atoms with E-state index in [9.17, 15) is 4.79 Å². The second-order valence-electron chi connectivity index (χ2n) is 4.82. The third-order valence-corrected chi connectivity index (χ3v) is 3.46. The maximum absolute atomic E-state index is 12.5. The van der Waals surface area contributed by atoms with Crippen molar-refractivity contribution in [3.8, 4) is 0 Å². The number of carbonyl (C=O) groups excluding carboxylic acids is 1. The number of pyridine rings is 1. The number of rotatable bonds is 1. The van der Waals surface area contributed by atoms with Gasteiger partial charge in [-0.2, -0.15) is 0 Å². The maximum Gasteiger partial charge on any atom is 0.198 e. The van der Waals surface area contributed by atoms with E-state index in [-0.39, 0.29) is 27.0 Å². The standard InChI is InChI=1S/C15H15N2O.W/c1-11-4-5-14-13(10-11)12(6-7-16-14)15(18)17-8-2-3-9-17;/h4-6,10H,2-3,8-9H2,1H3;/q-1;. The van der Waals surface area contributed by atoms with Crippen LogP contribution in [0, 0.1) is 13.1 Å². The van der Waals surface area contributed by atoms with Crippen molar-refractivity contribution < 1.29 is 25.9 Å². The molecule has 0 aliphatic carbocycles. The average Bonchev–Trinajstić information content (AvgIpc) is 2.91. The van der Waals surface area contributed by atoms with Gasteiger partial charge >= 0.3 is 0 Å². The summed E-state index contributed by atoms with van der Waals surface area (Å²) in [7, 11) is 0. The van der Waals surface area contributed by atoms with E-state index in [0.29, 0.717) is 0 Å². The van der Waals surface area contributed by atoms with Crippen LogP contribution in [0.4, 0.5) is 0 Å². The van der Waals surface area contributed by atoms with Gasteiger partial charge in [-0.25, -0.2) is 0 Å².